The van der Waals surface area contributed by atoms with E-state index in [0.29, 0.717) is 14.8 Å². The summed E-state index contributed by atoms with van der Waals surface area (Å²) < 4.78 is 14.0. The van der Waals surface area contributed by atoms with Crippen LogP contribution in [-0.4, -0.2) is 21.2 Å². The maximum Gasteiger partial charge on any atom is 0.266 e. The third kappa shape index (κ3) is 2.47. The minimum Gasteiger partial charge on any atom is -0.290 e. The monoisotopic (exact) mass is 281 g/mol. The Labute approximate surface area is 115 Å². The molecular weight excluding hydrogens is 269 g/mol. The summed E-state index contributed by atoms with van der Waals surface area (Å²) in [5.41, 5.74) is 0.404. The second kappa shape index (κ2) is 5.20. The summed E-state index contributed by atoms with van der Waals surface area (Å²) in [4.78, 5) is 14.1. The first kappa shape index (κ1) is 13.2. The molecule has 0 bridgehead atoms. The number of carbonyl (C=O) groups is 1. The highest BCUT2D eigenvalue weighted by Gasteiger charge is 2.33. The van der Waals surface area contributed by atoms with Crippen LogP contribution < -0.4 is 0 Å². The summed E-state index contributed by atoms with van der Waals surface area (Å²) in [6, 6.07) is 6.38. The molecule has 1 aromatic rings. The van der Waals surface area contributed by atoms with Gasteiger partial charge in [-0.25, -0.2) is 4.39 Å². The predicted molar refractivity (Wildman–Crippen MR) is 76.5 cm³/mol. The first-order valence-corrected chi connectivity index (χ1v) is 6.75. The molecule has 1 amide bonds. The summed E-state index contributed by atoms with van der Waals surface area (Å²) >= 11 is 6.37. The van der Waals surface area contributed by atoms with Crippen molar-refractivity contribution >= 4 is 40.3 Å². The van der Waals surface area contributed by atoms with Crippen LogP contribution in [0.25, 0.3) is 6.08 Å². The van der Waals surface area contributed by atoms with Gasteiger partial charge in [-0.05, 0) is 26.0 Å². The van der Waals surface area contributed by atoms with Crippen LogP contribution in [0.2, 0.25) is 0 Å². The lowest BCUT2D eigenvalue weighted by Gasteiger charge is -2.18. The van der Waals surface area contributed by atoms with Crippen molar-refractivity contribution in [3.63, 3.8) is 0 Å². The third-order valence-corrected chi connectivity index (χ3v) is 3.86. The van der Waals surface area contributed by atoms with Gasteiger partial charge in [0.2, 0.25) is 0 Å². The predicted octanol–water partition coefficient (Wildman–Crippen LogP) is 3.44. The van der Waals surface area contributed by atoms with Gasteiger partial charge < -0.3 is 0 Å². The molecule has 5 heteroatoms. The van der Waals surface area contributed by atoms with E-state index in [1.807, 2.05) is 13.8 Å². The molecule has 0 aromatic heterocycles. The van der Waals surface area contributed by atoms with Gasteiger partial charge in [0.1, 0.15) is 10.1 Å². The average molecular weight is 281 g/mol. The molecule has 1 aliphatic heterocycles. The molecule has 94 valence electrons. The van der Waals surface area contributed by atoms with Crippen LogP contribution >= 0.6 is 24.0 Å². The molecule has 2 rings (SSSR count). The maximum absolute atomic E-state index is 13.5. The molecule has 0 unspecified atom stereocenters. The van der Waals surface area contributed by atoms with Crippen LogP contribution in [0.5, 0.6) is 0 Å². The number of benzene rings is 1. The Balaban J connectivity index is 2.34. The lowest BCUT2D eigenvalue weighted by atomic mass is 10.2. The molecule has 1 heterocycles. The lowest BCUT2D eigenvalue weighted by molar-refractivity contribution is -0.123. The average Bonchev–Trinajstić information content (AvgIpc) is 2.57. The topological polar surface area (TPSA) is 20.3 Å². The highest BCUT2D eigenvalue weighted by molar-refractivity contribution is 8.26. The highest BCUT2D eigenvalue weighted by atomic mass is 32.2. The molecule has 1 saturated heterocycles. The second-order valence-electron chi connectivity index (χ2n) is 4.17. The number of hydrogen-bond acceptors (Lipinski definition) is 3. The van der Waals surface area contributed by atoms with E-state index in [-0.39, 0.29) is 17.8 Å². The van der Waals surface area contributed by atoms with Crippen LogP contribution in [0.4, 0.5) is 4.39 Å². The standard InChI is InChI=1S/C13H12FNOS2/c1-8(2)15-12(16)11(18-13(15)17)7-9-5-3-4-6-10(9)14/h3-8H,1-2H3/b11-7-. The summed E-state index contributed by atoms with van der Waals surface area (Å²) in [6.07, 6.45) is 1.55. The Morgan fingerprint density at radius 2 is 2.06 bits per heavy atom. The minimum absolute atomic E-state index is 0.0176. The van der Waals surface area contributed by atoms with Crippen molar-refractivity contribution in [3.8, 4) is 0 Å². The van der Waals surface area contributed by atoms with Gasteiger partial charge in [-0.1, -0.05) is 42.2 Å². The molecule has 0 atom stereocenters. The molecule has 0 saturated carbocycles. The number of halogens is 1. The Morgan fingerprint density at radius 3 is 2.61 bits per heavy atom. The molecule has 18 heavy (non-hydrogen) atoms. The normalized spacial score (nSPS) is 18.2. The quantitative estimate of drug-likeness (QED) is 0.612. The van der Waals surface area contributed by atoms with E-state index in [0.717, 1.165) is 0 Å². The number of thiocarbonyl (C=S) groups is 1. The fourth-order valence-corrected chi connectivity index (χ4v) is 3.17. The van der Waals surface area contributed by atoms with Crippen molar-refractivity contribution in [1.29, 1.82) is 0 Å². The SMILES string of the molecule is CC(C)N1C(=O)/C(=C/c2ccccc2F)SC1=S. The Bertz CT molecular complexity index is 540. The molecule has 1 aliphatic rings. The largest absolute Gasteiger partial charge is 0.290 e. The molecule has 2 nitrogen and oxygen atoms in total. The van der Waals surface area contributed by atoms with Crippen molar-refractivity contribution in [2.45, 2.75) is 19.9 Å². The number of carbonyl (C=O) groups excluding carboxylic acids is 1. The number of nitrogens with zero attached hydrogens (tertiary/aromatic N) is 1. The van der Waals surface area contributed by atoms with E-state index in [2.05, 4.69) is 0 Å². The van der Waals surface area contributed by atoms with Crippen LogP contribution in [0, 0.1) is 5.82 Å². The van der Waals surface area contributed by atoms with E-state index in [4.69, 9.17) is 12.2 Å². The fraction of sp³-hybridized carbons (Fsp3) is 0.231. The van der Waals surface area contributed by atoms with E-state index >= 15 is 0 Å². The molecule has 1 fully saturated rings. The Morgan fingerprint density at radius 1 is 1.39 bits per heavy atom. The number of hydrogen-bond donors (Lipinski definition) is 0. The maximum atomic E-state index is 13.5. The van der Waals surface area contributed by atoms with Crippen LogP contribution in [0.3, 0.4) is 0 Å². The van der Waals surface area contributed by atoms with Gasteiger partial charge in [-0.15, -0.1) is 0 Å². The summed E-state index contributed by atoms with van der Waals surface area (Å²) in [7, 11) is 0. The number of rotatable bonds is 2. The van der Waals surface area contributed by atoms with Crippen LogP contribution in [-0.2, 0) is 4.79 Å². The zero-order valence-corrected chi connectivity index (χ0v) is 11.6. The lowest BCUT2D eigenvalue weighted by Crippen LogP contribution is -2.34. The fourth-order valence-electron chi connectivity index (χ4n) is 1.66. The summed E-state index contributed by atoms with van der Waals surface area (Å²) in [5.74, 6) is -0.490. The molecule has 0 spiro atoms. The van der Waals surface area contributed by atoms with Gasteiger partial charge in [0.05, 0.1) is 4.91 Å². The van der Waals surface area contributed by atoms with E-state index in [9.17, 15) is 9.18 Å². The number of amides is 1. The second-order valence-corrected chi connectivity index (χ2v) is 5.84. The van der Waals surface area contributed by atoms with Crippen molar-refractivity contribution in [2.75, 3.05) is 0 Å². The van der Waals surface area contributed by atoms with Gasteiger partial charge in [0.15, 0.2) is 0 Å². The third-order valence-electron chi connectivity index (χ3n) is 2.53. The zero-order valence-electron chi connectivity index (χ0n) is 10.0. The van der Waals surface area contributed by atoms with Crippen LogP contribution in [0.1, 0.15) is 19.4 Å². The van der Waals surface area contributed by atoms with Crippen molar-refractivity contribution in [2.24, 2.45) is 0 Å². The first-order valence-electron chi connectivity index (χ1n) is 5.52. The molecule has 1 aromatic carbocycles. The van der Waals surface area contributed by atoms with Crippen LogP contribution in [0.15, 0.2) is 29.2 Å². The highest BCUT2D eigenvalue weighted by Crippen LogP contribution is 2.34. The van der Waals surface area contributed by atoms with E-state index in [1.165, 1.54) is 17.8 Å². The first-order chi connectivity index (χ1) is 8.50. The van der Waals surface area contributed by atoms with Gasteiger partial charge in [-0.2, -0.15) is 0 Å². The summed E-state index contributed by atoms with van der Waals surface area (Å²) in [5, 5.41) is 0. The number of thioether (sulfide) groups is 1. The van der Waals surface area contributed by atoms with Gasteiger partial charge in [-0.3, -0.25) is 9.69 Å². The molecule has 0 radical (unpaired) electrons. The Hall–Kier alpha value is -1.20. The van der Waals surface area contributed by atoms with Gasteiger partial charge >= 0.3 is 0 Å². The minimum atomic E-state index is -0.340. The van der Waals surface area contributed by atoms with Gasteiger partial charge in [0.25, 0.3) is 5.91 Å². The zero-order chi connectivity index (χ0) is 13.3. The van der Waals surface area contributed by atoms with Crippen molar-refractivity contribution in [3.05, 3.63) is 40.6 Å². The van der Waals surface area contributed by atoms with Crippen molar-refractivity contribution in [1.82, 2.24) is 4.90 Å². The van der Waals surface area contributed by atoms with E-state index in [1.54, 1.807) is 29.2 Å². The molecular formula is C13H12FNOS2. The smallest absolute Gasteiger partial charge is 0.266 e. The Kier molecular flexibility index (Phi) is 3.82. The van der Waals surface area contributed by atoms with Crippen molar-refractivity contribution < 1.29 is 9.18 Å². The molecule has 0 aliphatic carbocycles. The molecule has 0 N–H and O–H groups in total. The van der Waals surface area contributed by atoms with E-state index < -0.39 is 0 Å². The summed E-state index contributed by atoms with van der Waals surface area (Å²) in [6.45, 7) is 3.80. The van der Waals surface area contributed by atoms with Gasteiger partial charge in [0, 0.05) is 11.6 Å².